The standard InChI is InChI=1S/C18H21N3O/c1-5-13-6-8-14(9-7-13)15-10-16-19-12(4)17(11(2)3)18(22)21(16)20-15/h6-11,20H,5H2,1-4H3. The molecule has 4 nitrogen and oxygen atoms in total. The van der Waals surface area contributed by atoms with Crippen LogP contribution in [-0.2, 0) is 6.42 Å². The number of aryl methyl sites for hydroxylation is 2. The molecule has 3 aromatic rings. The first-order valence-corrected chi connectivity index (χ1v) is 7.72. The Kier molecular flexibility index (Phi) is 3.61. The number of hydrogen-bond acceptors (Lipinski definition) is 2. The van der Waals surface area contributed by atoms with E-state index in [2.05, 4.69) is 41.3 Å². The maximum atomic E-state index is 12.6. The number of hydrogen-bond donors (Lipinski definition) is 1. The van der Waals surface area contributed by atoms with Crippen molar-refractivity contribution in [3.8, 4) is 11.3 Å². The van der Waals surface area contributed by atoms with Gasteiger partial charge in [-0.05, 0) is 30.4 Å². The first-order chi connectivity index (χ1) is 10.5. The molecule has 0 aliphatic carbocycles. The number of aromatic amines is 1. The summed E-state index contributed by atoms with van der Waals surface area (Å²) in [7, 11) is 0. The van der Waals surface area contributed by atoms with E-state index in [4.69, 9.17) is 0 Å². The second-order valence-electron chi connectivity index (χ2n) is 5.98. The van der Waals surface area contributed by atoms with E-state index in [0.29, 0.717) is 5.65 Å². The molecule has 0 spiro atoms. The first kappa shape index (κ1) is 14.6. The van der Waals surface area contributed by atoms with E-state index in [-0.39, 0.29) is 11.5 Å². The minimum atomic E-state index is -0.00562. The van der Waals surface area contributed by atoms with Gasteiger partial charge in [0.05, 0.1) is 5.69 Å². The van der Waals surface area contributed by atoms with Crippen LogP contribution in [0.25, 0.3) is 16.9 Å². The van der Waals surface area contributed by atoms with Crippen molar-refractivity contribution in [2.75, 3.05) is 0 Å². The molecule has 0 atom stereocenters. The topological polar surface area (TPSA) is 50.2 Å². The molecule has 0 saturated carbocycles. The molecular formula is C18H21N3O. The third kappa shape index (κ3) is 2.34. The molecule has 0 aliphatic heterocycles. The van der Waals surface area contributed by atoms with Crippen LogP contribution in [-0.4, -0.2) is 14.6 Å². The zero-order chi connectivity index (χ0) is 15.9. The molecule has 1 aromatic carbocycles. The quantitative estimate of drug-likeness (QED) is 0.801. The Morgan fingerprint density at radius 1 is 1.23 bits per heavy atom. The first-order valence-electron chi connectivity index (χ1n) is 7.72. The van der Waals surface area contributed by atoms with Crippen LogP contribution in [0.2, 0.25) is 0 Å². The Morgan fingerprint density at radius 2 is 1.91 bits per heavy atom. The van der Waals surface area contributed by atoms with Crippen molar-refractivity contribution in [3.05, 3.63) is 57.5 Å². The van der Waals surface area contributed by atoms with Crippen molar-refractivity contribution in [1.29, 1.82) is 0 Å². The van der Waals surface area contributed by atoms with Crippen LogP contribution in [0.5, 0.6) is 0 Å². The van der Waals surface area contributed by atoms with Crippen molar-refractivity contribution in [3.63, 3.8) is 0 Å². The van der Waals surface area contributed by atoms with Gasteiger partial charge in [0.25, 0.3) is 5.56 Å². The molecule has 114 valence electrons. The molecule has 2 aromatic heterocycles. The van der Waals surface area contributed by atoms with Gasteiger partial charge in [0.2, 0.25) is 0 Å². The van der Waals surface area contributed by atoms with Crippen molar-refractivity contribution in [1.82, 2.24) is 14.6 Å². The Bertz CT molecular complexity index is 870. The van der Waals surface area contributed by atoms with Crippen LogP contribution >= 0.6 is 0 Å². The second kappa shape index (κ2) is 5.44. The van der Waals surface area contributed by atoms with Gasteiger partial charge < -0.3 is 0 Å². The van der Waals surface area contributed by atoms with E-state index in [1.165, 1.54) is 5.56 Å². The molecule has 0 saturated heterocycles. The molecular weight excluding hydrogens is 274 g/mol. The molecule has 2 heterocycles. The molecule has 1 N–H and O–H groups in total. The lowest BCUT2D eigenvalue weighted by Gasteiger charge is -2.07. The molecule has 0 radical (unpaired) electrons. The number of aromatic nitrogens is 3. The zero-order valence-corrected chi connectivity index (χ0v) is 13.5. The van der Waals surface area contributed by atoms with E-state index in [0.717, 1.165) is 28.9 Å². The third-order valence-corrected chi connectivity index (χ3v) is 4.09. The van der Waals surface area contributed by atoms with Crippen LogP contribution in [0.1, 0.15) is 43.5 Å². The summed E-state index contributed by atoms with van der Waals surface area (Å²) in [6.45, 7) is 8.08. The van der Waals surface area contributed by atoms with E-state index >= 15 is 0 Å². The third-order valence-electron chi connectivity index (χ3n) is 4.09. The predicted molar refractivity (Wildman–Crippen MR) is 89.5 cm³/mol. The fourth-order valence-electron chi connectivity index (χ4n) is 2.88. The van der Waals surface area contributed by atoms with E-state index < -0.39 is 0 Å². The molecule has 0 bridgehead atoms. The molecule has 4 heteroatoms. The fraction of sp³-hybridized carbons (Fsp3) is 0.333. The van der Waals surface area contributed by atoms with E-state index in [1.54, 1.807) is 4.52 Å². The van der Waals surface area contributed by atoms with Crippen LogP contribution in [0.3, 0.4) is 0 Å². The maximum Gasteiger partial charge on any atom is 0.276 e. The Hall–Kier alpha value is -2.36. The highest BCUT2D eigenvalue weighted by atomic mass is 16.1. The average molecular weight is 295 g/mol. The van der Waals surface area contributed by atoms with Crippen LogP contribution in [0.4, 0.5) is 0 Å². The summed E-state index contributed by atoms with van der Waals surface area (Å²) in [6.07, 6.45) is 1.02. The average Bonchev–Trinajstić information content (AvgIpc) is 2.91. The number of rotatable bonds is 3. The summed E-state index contributed by atoms with van der Waals surface area (Å²) in [4.78, 5) is 17.2. The zero-order valence-electron chi connectivity index (χ0n) is 13.5. The summed E-state index contributed by atoms with van der Waals surface area (Å²) >= 11 is 0. The van der Waals surface area contributed by atoms with Gasteiger partial charge in [-0.2, -0.15) is 0 Å². The Labute approximate surface area is 129 Å². The number of fused-ring (bicyclic) bond motifs is 1. The number of nitrogens with zero attached hydrogens (tertiary/aromatic N) is 2. The fourth-order valence-corrected chi connectivity index (χ4v) is 2.88. The Morgan fingerprint density at radius 3 is 2.50 bits per heavy atom. The molecule has 0 aliphatic rings. The lowest BCUT2D eigenvalue weighted by atomic mass is 10.0. The number of nitrogens with one attached hydrogen (secondary N) is 1. The predicted octanol–water partition coefficient (Wildman–Crippen LogP) is 3.68. The number of H-pyrrole nitrogens is 1. The normalized spacial score (nSPS) is 11.5. The summed E-state index contributed by atoms with van der Waals surface area (Å²) in [5, 5.41) is 3.18. The van der Waals surface area contributed by atoms with Gasteiger partial charge >= 0.3 is 0 Å². The van der Waals surface area contributed by atoms with E-state index in [1.807, 2.05) is 26.8 Å². The van der Waals surface area contributed by atoms with Crippen molar-refractivity contribution < 1.29 is 0 Å². The molecule has 0 fully saturated rings. The smallest absolute Gasteiger partial charge is 0.276 e. The summed E-state index contributed by atoms with van der Waals surface area (Å²) in [6, 6.07) is 10.3. The molecule has 22 heavy (non-hydrogen) atoms. The van der Waals surface area contributed by atoms with Gasteiger partial charge in [-0.1, -0.05) is 45.0 Å². The van der Waals surface area contributed by atoms with Crippen molar-refractivity contribution in [2.45, 2.75) is 40.0 Å². The summed E-state index contributed by atoms with van der Waals surface area (Å²) in [5.41, 5.74) is 5.51. The van der Waals surface area contributed by atoms with Gasteiger partial charge in [-0.25, -0.2) is 9.50 Å². The summed E-state index contributed by atoms with van der Waals surface area (Å²) in [5.74, 6) is 0.160. The van der Waals surface area contributed by atoms with Gasteiger partial charge in [0.1, 0.15) is 0 Å². The van der Waals surface area contributed by atoms with E-state index in [9.17, 15) is 4.79 Å². The van der Waals surface area contributed by atoms with Crippen LogP contribution < -0.4 is 5.56 Å². The highest BCUT2D eigenvalue weighted by Crippen LogP contribution is 2.21. The Balaban J connectivity index is 2.17. The van der Waals surface area contributed by atoms with Gasteiger partial charge in [-0.3, -0.25) is 9.89 Å². The van der Waals surface area contributed by atoms with Crippen molar-refractivity contribution in [2.24, 2.45) is 0 Å². The lowest BCUT2D eigenvalue weighted by molar-refractivity contribution is 0.781. The number of benzene rings is 1. The lowest BCUT2D eigenvalue weighted by Crippen LogP contribution is -2.22. The second-order valence-corrected chi connectivity index (χ2v) is 5.98. The molecule has 3 rings (SSSR count). The van der Waals surface area contributed by atoms with Crippen molar-refractivity contribution >= 4 is 5.65 Å². The highest BCUT2D eigenvalue weighted by Gasteiger charge is 2.15. The minimum Gasteiger partial charge on any atom is -0.289 e. The van der Waals surface area contributed by atoms with Gasteiger partial charge in [0, 0.05) is 17.3 Å². The molecule has 0 unspecified atom stereocenters. The molecule has 0 amide bonds. The SMILES string of the molecule is CCc1ccc(-c2cc3nc(C)c(C(C)C)c(=O)n3[nH]2)cc1. The van der Waals surface area contributed by atoms with Gasteiger partial charge in [0.15, 0.2) is 5.65 Å². The van der Waals surface area contributed by atoms with Gasteiger partial charge in [-0.15, -0.1) is 0 Å². The van der Waals surface area contributed by atoms with Crippen LogP contribution in [0, 0.1) is 6.92 Å². The highest BCUT2D eigenvalue weighted by molar-refractivity contribution is 5.64. The van der Waals surface area contributed by atoms with Crippen LogP contribution in [0.15, 0.2) is 35.1 Å². The largest absolute Gasteiger partial charge is 0.289 e. The summed E-state index contributed by atoms with van der Waals surface area (Å²) < 4.78 is 1.55. The maximum absolute atomic E-state index is 12.6. The monoisotopic (exact) mass is 295 g/mol. The minimum absolute atomic E-state index is 0.00562.